The third-order valence-electron chi connectivity index (χ3n) is 3.03. The molecule has 1 rings (SSSR count). The summed E-state index contributed by atoms with van der Waals surface area (Å²) < 4.78 is 0. The van der Waals surface area contributed by atoms with E-state index in [4.69, 9.17) is 5.11 Å². The van der Waals surface area contributed by atoms with E-state index in [1.807, 2.05) is 0 Å². The molecule has 0 aliphatic carbocycles. The van der Waals surface area contributed by atoms with Crippen molar-refractivity contribution < 1.29 is 20.5 Å². The minimum Gasteiger partial charge on any atom is -0.395 e. The fourth-order valence-corrected chi connectivity index (χ4v) is 1.92. The summed E-state index contributed by atoms with van der Waals surface area (Å²) in [6.45, 7) is 1.69. The van der Waals surface area contributed by atoms with Crippen molar-refractivity contribution in [2.24, 2.45) is 0 Å². The first-order valence-electron chi connectivity index (χ1n) is 6.06. The van der Waals surface area contributed by atoms with Gasteiger partial charge in [-0.1, -0.05) is 25.7 Å². The Morgan fingerprint density at radius 3 is 2.41 bits per heavy atom. The highest BCUT2D eigenvalue weighted by Crippen LogP contribution is 2.22. The van der Waals surface area contributed by atoms with Gasteiger partial charge in [-0.3, -0.25) is 0 Å². The van der Waals surface area contributed by atoms with E-state index in [0.29, 0.717) is 6.42 Å². The molecule has 5 nitrogen and oxygen atoms in total. The lowest BCUT2D eigenvalue weighted by Gasteiger charge is -2.18. The van der Waals surface area contributed by atoms with Gasteiger partial charge in [0.15, 0.2) is 0 Å². The number of hydrogen-bond acceptors (Lipinski definition) is 5. The normalized spacial score (nSPS) is 33.5. The van der Waals surface area contributed by atoms with Gasteiger partial charge in [-0.05, 0) is 6.42 Å². The van der Waals surface area contributed by atoms with Crippen LogP contribution in [0.1, 0.15) is 32.6 Å². The lowest BCUT2D eigenvalue weighted by atomic mass is 10.1. The van der Waals surface area contributed by atoms with Gasteiger partial charge in [-0.15, -0.1) is 5.92 Å². The fourth-order valence-electron chi connectivity index (χ4n) is 1.92. The molecular formula is C12H21NO4. The minimum atomic E-state index is -1.17. The zero-order valence-corrected chi connectivity index (χ0v) is 10.1. The van der Waals surface area contributed by atoms with E-state index in [1.165, 1.54) is 0 Å². The molecule has 4 atom stereocenters. The second-order valence-electron chi connectivity index (χ2n) is 4.33. The van der Waals surface area contributed by atoms with Gasteiger partial charge in [0.1, 0.15) is 18.2 Å². The quantitative estimate of drug-likeness (QED) is 0.403. The van der Waals surface area contributed by atoms with Crippen LogP contribution < -0.4 is 0 Å². The van der Waals surface area contributed by atoms with Gasteiger partial charge in [0.05, 0.1) is 12.6 Å². The standard InChI is InChI=1S/C12H21NO4/c1-2-3-4-5-6-7-9-11(15)12(16)10(8-14)13(9)17/h9-12,14-17H,2-5,8H2,1H3/t9-,10?,11+,12?/m0/s1. The summed E-state index contributed by atoms with van der Waals surface area (Å²) in [6, 6.07) is -1.68. The highest BCUT2D eigenvalue weighted by Gasteiger charge is 2.46. The summed E-state index contributed by atoms with van der Waals surface area (Å²) >= 11 is 0. The molecule has 0 radical (unpaired) electrons. The molecule has 0 saturated carbocycles. The molecule has 1 fully saturated rings. The van der Waals surface area contributed by atoms with Crippen LogP contribution in [0.4, 0.5) is 0 Å². The largest absolute Gasteiger partial charge is 0.395 e. The first-order valence-corrected chi connectivity index (χ1v) is 6.06. The monoisotopic (exact) mass is 243 g/mol. The lowest BCUT2D eigenvalue weighted by molar-refractivity contribution is -0.142. The molecule has 1 aliphatic rings. The number of aliphatic hydroxyl groups excluding tert-OH is 3. The molecular weight excluding hydrogens is 222 g/mol. The first-order chi connectivity index (χ1) is 8.13. The summed E-state index contributed by atoms with van der Waals surface area (Å²) in [6.07, 6.45) is 1.61. The fraction of sp³-hybridized carbons (Fsp3) is 0.833. The van der Waals surface area contributed by atoms with Crippen molar-refractivity contribution in [3.05, 3.63) is 0 Å². The molecule has 0 aromatic carbocycles. The molecule has 4 N–H and O–H groups in total. The number of nitrogens with zero attached hydrogens (tertiary/aromatic N) is 1. The average molecular weight is 243 g/mol. The topological polar surface area (TPSA) is 84.2 Å². The summed E-state index contributed by atoms with van der Waals surface area (Å²) in [5.74, 6) is 5.62. The maximum atomic E-state index is 9.67. The molecule has 0 bridgehead atoms. The highest BCUT2D eigenvalue weighted by molar-refractivity contribution is 5.15. The van der Waals surface area contributed by atoms with Gasteiger partial charge in [0.25, 0.3) is 0 Å². The smallest absolute Gasteiger partial charge is 0.124 e. The predicted octanol–water partition coefficient (Wildman–Crippen LogP) is -0.274. The van der Waals surface area contributed by atoms with Crippen molar-refractivity contribution in [3.8, 4) is 11.8 Å². The minimum absolute atomic E-state index is 0.414. The Bertz CT molecular complexity index is 286. The van der Waals surface area contributed by atoms with Crippen molar-refractivity contribution in [2.45, 2.75) is 56.9 Å². The molecule has 1 heterocycles. The van der Waals surface area contributed by atoms with Crippen LogP contribution in [-0.4, -0.2) is 56.5 Å². The Morgan fingerprint density at radius 2 is 1.88 bits per heavy atom. The molecule has 0 spiro atoms. The molecule has 0 amide bonds. The van der Waals surface area contributed by atoms with Crippen LogP contribution in [-0.2, 0) is 0 Å². The van der Waals surface area contributed by atoms with Crippen LogP contribution >= 0.6 is 0 Å². The van der Waals surface area contributed by atoms with E-state index >= 15 is 0 Å². The molecule has 1 saturated heterocycles. The molecule has 98 valence electrons. The second kappa shape index (κ2) is 6.94. The van der Waals surface area contributed by atoms with Gasteiger partial charge < -0.3 is 20.5 Å². The second-order valence-corrected chi connectivity index (χ2v) is 4.33. The van der Waals surface area contributed by atoms with Crippen LogP contribution in [0.2, 0.25) is 0 Å². The average Bonchev–Trinajstić information content (AvgIpc) is 2.52. The number of aliphatic hydroxyl groups is 3. The Labute approximate surface area is 102 Å². The Balaban J connectivity index is 2.53. The maximum Gasteiger partial charge on any atom is 0.124 e. The molecule has 17 heavy (non-hydrogen) atoms. The molecule has 2 unspecified atom stereocenters. The summed E-state index contributed by atoms with van der Waals surface area (Å²) in [4.78, 5) is 0. The zero-order chi connectivity index (χ0) is 12.8. The van der Waals surface area contributed by atoms with Crippen LogP contribution in [0.3, 0.4) is 0 Å². The summed E-state index contributed by atoms with van der Waals surface area (Å²) in [5, 5.41) is 38.6. The number of rotatable bonds is 4. The Hall–Kier alpha value is -0.640. The third kappa shape index (κ3) is 3.41. The van der Waals surface area contributed by atoms with E-state index in [2.05, 4.69) is 18.8 Å². The van der Waals surface area contributed by atoms with Crippen molar-refractivity contribution >= 4 is 0 Å². The first kappa shape index (κ1) is 14.4. The van der Waals surface area contributed by atoms with Gasteiger partial charge in [-0.25, -0.2) is 0 Å². The van der Waals surface area contributed by atoms with Crippen LogP contribution in [0, 0.1) is 11.8 Å². The molecule has 5 heteroatoms. The zero-order valence-electron chi connectivity index (χ0n) is 10.1. The van der Waals surface area contributed by atoms with E-state index in [1.54, 1.807) is 0 Å². The SMILES string of the molecule is CCCCCC#C[C@H]1[C@@H](O)C(O)C(CO)N1O. The third-order valence-corrected chi connectivity index (χ3v) is 3.03. The molecule has 0 aromatic heterocycles. The number of unbranched alkanes of at least 4 members (excludes halogenated alkanes) is 3. The van der Waals surface area contributed by atoms with Gasteiger partial charge in [0, 0.05) is 6.42 Å². The van der Waals surface area contributed by atoms with E-state index in [9.17, 15) is 15.4 Å². The Morgan fingerprint density at radius 1 is 1.18 bits per heavy atom. The Kier molecular flexibility index (Phi) is 5.89. The van der Waals surface area contributed by atoms with E-state index < -0.39 is 30.9 Å². The van der Waals surface area contributed by atoms with E-state index in [-0.39, 0.29) is 0 Å². The van der Waals surface area contributed by atoms with Crippen molar-refractivity contribution in [2.75, 3.05) is 6.61 Å². The van der Waals surface area contributed by atoms with Crippen molar-refractivity contribution in [1.29, 1.82) is 0 Å². The van der Waals surface area contributed by atoms with Crippen LogP contribution in [0.15, 0.2) is 0 Å². The van der Waals surface area contributed by atoms with Gasteiger partial charge >= 0.3 is 0 Å². The van der Waals surface area contributed by atoms with Gasteiger partial charge in [-0.2, -0.15) is 5.06 Å². The lowest BCUT2D eigenvalue weighted by Crippen LogP contribution is -2.38. The molecule has 1 aliphatic heterocycles. The molecule has 0 aromatic rings. The van der Waals surface area contributed by atoms with Crippen LogP contribution in [0.25, 0.3) is 0 Å². The summed E-state index contributed by atoms with van der Waals surface area (Å²) in [5.41, 5.74) is 0. The predicted molar refractivity (Wildman–Crippen MR) is 62.2 cm³/mol. The highest BCUT2D eigenvalue weighted by atomic mass is 16.5. The van der Waals surface area contributed by atoms with Crippen molar-refractivity contribution in [3.63, 3.8) is 0 Å². The van der Waals surface area contributed by atoms with Crippen LogP contribution in [0.5, 0.6) is 0 Å². The number of hydroxylamine groups is 2. The summed E-state index contributed by atoms with van der Waals surface area (Å²) in [7, 11) is 0. The maximum absolute atomic E-state index is 9.67. The van der Waals surface area contributed by atoms with Crippen molar-refractivity contribution in [1.82, 2.24) is 5.06 Å². The number of hydrogen-bond donors (Lipinski definition) is 4. The van der Waals surface area contributed by atoms with Gasteiger partial charge in [0.2, 0.25) is 0 Å². The van der Waals surface area contributed by atoms with E-state index in [0.717, 1.165) is 24.3 Å².